The molecule has 3 atom stereocenters. The predicted octanol–water partition coefficient (Wildman–Crippen LogP) is 26.2. The van der Waals surface area contributed by atoms with Crippen LogP contribution in [-0.2, 0) is 79.0 Å². The zero-order valence-electron chi connectivity index (χ0n) is 80.1. The lowest BCUT2D eigenvalue weighted by Crippen LogP contribution is -2.31. The largest absolute Gasteiger partial charge is 0.744 e. The summed E-state index contributed by atoms with van der Waals surface area (Å²) in [5, 5.41) is 7.12. The van der Waals surface area contributed by atoms with Crippen LogP contribution in [-0.4, -0.2) is 99.9 Å². The van der Waals surface area contributed by atoms with Crippen molar-refractivity contribution in [2.45, 2.75) is 142 Å². The quantitative estimate of drug-likeness (QED) is 0.0139. The second-order valence-electron chi connectivity index (χ2n) is 34.0. The molecule has 0 spiro atoms. The Balaban J connectivity index is 0.000000146. The van der Waals surface area contributed by atoms with Gasteiger partial charge in [-0.05, 0) is 255 Å². The van der Waals surface area contributed by atoms with Crippen LogP contribution in [0.3, 0.4) is 0 Å². The van der Waals surface area contributed by atoms with Crippen molar-refractivity contribution in [1.82, 2.24) is 0 Å². The number of anilines is 1. The summed E-state index contributed by atoms with van der Waals surface area (Å²) in [5.74, 6) is 4.96. The minimum Gasteiger partial charge on any atom is -0.744 e. The highest BCUT2D eigenvalue weighted by Crippen LogP contribution is 2.38. The van der Waals surface area contributed by atoms with Gasteiger partial charge in [-0.15, -0.1) is 0 Å². The summed E-state index contributed by atoms with van der Waals surface area (Å²) in [6.45, 7) is 12.5. The number of hydrogen-bond acceptors (Lipinski definition) is 16. The van der Waals surface area contributed by atoms with Gasteiger partial charge in [0.2, 0.25) is 5.78 Å². The van der Waals surface area contributed by atoms with E-state index in [1.165, 1.54) is 118 Å². The predicted molar refractivity (Wildman–Crippen MR) is 572 cm³/mol. The second kappa shape index (κ2) is 51.2. The van der Waals surface area contributed by atoms with Crippen molar-refractivity contribution in [3.63, 3.8) is 0 Å². The lowest BCUT2D eigenvalue weighted by Gasteiger charge is -2.21. The molecule has 1 amide bonds. The number of carbonyl (C=O) groups is 4. The first-order valence-corrected chi connectivity index (χ1v) is 55.4. The van der Waals surface area contributed by atoms with E-state index < -0.39 is 41.2 Å². The highest BCUT2D eigenvalue weighted by atomic mass is 32.2. The van der Waals surface area contributed by atoms with E-state index in [2.05, 4.69) is 254 Å². The summed E-state index contributed by atoms with van der Waals surface area (Å²) in [6.07, 6.45) is 5.85. The number of amides is 1. The van der Waals surface area contributed by atoms with Gasteiger partial charge in [-0.1, -0.05) is 308 Å². The molecule has 726 valence electrons. The number of Topliss-reactive ketones (excluding diaryl/α,β-unsaturated/α-hetero) is 2. The Morgan fingerprint density at radius 3 is 1.19 bits per heavy atom. The number of rotatable bonds is 29. The first kappa shape index (κ1) is 106. The topological polar surface area (TPSA) is 271 Å². The van der Waals surface area contributed by atoms with Crippen molar-refractivity contribution in [3.05, 3.63) is 440 Å². The monoisotopic (exact) mass is 2000 g/mol. The van der Waals surface area contributed by atoms with Gasteiger partial charge in [-0.3, -0.25) is 14.4 Å². The third kappa shape index (κ3) is 29.3. The molecule has 23 heteroatoms. The van der Waals surface area contributed by atoms with Gasteiger partial charge in [-0.25, -0.2) is 30.0 Å². The number of ketones is 2. The molecule has 1 saturated heterocycles. The fraction of sp³-hybridized carbons (Fsp3) is 0.176. The Kier molecular flexibility index (Phi) is 38.1. The van der Waals surface area contributed by atoms with Gasteiger partial charge >= 0.3 is 5.97 Å². The summed E-state index contributed by atoms with van der Waals surface area (Å²) in [7, 11) is -11.9. The Hall–Kier alpha value is -13.6. The lowest BCUT2D eigenvalue weighted by molar-refractivity contribution is -0.136. The van der Waals surface area contributed by atoms with Crippen molar-refractivity contribution >= 4 is 135 Å². The first-order chi connectivity index (χ1) is 68.5. The molecule has 1 heterocycles. The van der Waals surface area contributed by atoms with Crippen LogP contribution in [0.1, 0.15) is 134 Å². The Bertz CT molecular complexity index is 7160. The lowest BCUT2D eigenvalue weighted by atomic mass is 9.89. The minimum atomic E-state index is -4.71. The summed E-state index contributed by atoms with van der Waals surface area (Å²) in [6, 6.07) is 129. The highest BCUT2D eigenvalue weighted by Gasteiger charge is 2.31. The fourth-order valence-electron chi connectivity index (χ4n) is 16.2. The van der Waals surface area contributed by atoms with Crippen molar-refractivity contribution < 1.29 is 72.3 Å². The third-order valence-electron chi connectivity index (χ3n) is 24.4. The summed E-state index contributed by atoms with van der Waals surface area (Å²) >= 11 is 0. The van der Waals surface area contributed by atoms with Gasteiger partial charge in [0, 0.05) is 35.4 Å². The SMILES string of the molecule is CCC(C)c1ccc(CC(=O)c2ccccc2S(=O)(=O)[O-])c2ccccc12.CCC(C)c1ccc2cc(OCC(=O)N(C)c3cccc4c(S(=O)(=O)[O-])cccc34)ccc2c1.CCC(C)c1ccc2cc(OCC(=O)Oc3ccc(S(=O)(=O)[O-])cc3)ccc2c1.O=C(C[S+]1CCCC1)c1ccccc1.c1ccc([S+](c2ccccc2)c2ccccc2)cc1.c1ccc([S+](c2ccccc2)c2ccccc2)cc1. The average molecular weight is 2010 g/mol. The van der Waals surface area contributed by atoms with Gasteiger partial charge in [0.15, 0.2) is 54.1 Å². The van der Waals surface area contributed by atoms with E-state index in [0.717, 1.165) is 80.6 Å². The molecule has 0 saturated carbocycles. The second-order valence-corrected chi connectivity index (χ2v) is 44.5. The van der Waals surface area contributed by atoms with Crippen LogP contribution in [0.2, 0.25) is 0 Å². The molecule has 0 bridgehead atoms. The van der Waals surface area contributed by atoms with Gasteiger partial charge in [-0.2, -0.15) is 0 Å². The van der Waals surface area contributed by atoms with E-state index in [-0.39, 0.29) is 79.6 Å². The maximum Gasteiger partial charge on any atom is 0.349 e. The van der Waals surface area contributed by atoms with Crippen LogP contribution in [0.4, 0.5) is 5.69 Å². The first-order valence-electron chi connectivity index (χ1n) is 47.0. The molecule has 17 aromatic rings. The van der Waals surface area contributed by atoms with Crippen molar-refractivity contribution in [3.8, 4) is 17.2 Å². The highest BCUT2D eigenvalue weighted by molar-refractivity contribution is 7.98. The van der Waals surface area contributed by atoms with Crippen LogP contribution in [0.25, 0.3) is 43.1 Å². The Morgan fingerprint density at radius 2 is 0.739 bits per heavy atom. The van der Waals surface area contributed by atoms with Gasteiger partial charge < -0.3 is 32.8 Å². The maximum atomic E-state index is 12.9. The normalized spacial score (nSPS) is 12.5. The number of esters is 1. The molecule has 0 N–H and O–H groups in total. The maximum absolute atomic E-state index is 12.9. The zero-order valence-corrected chi connectivity index (χ0v) is 85.0. The number of nitrogens with zero attached hydrogens (tertiary/aromatic N) is 1. The third-order valence-corrected chi connectivity index (χ3v) is 33.9. The Labute approximate surface area is 842 Å². The van der Waals surface area contributed by atoms with Crippen molar-refractivity contribution in [1.29, 1.82) is 0 Å². The van der Waals surface area contributed by atoms with Gasteiger partial charge in [0.05, 0.1) is 42.2 Å². The molecule has 0 radical (unpaired) electrons. The van der Waals surface area contributed by atoms with E-state index in [1.807, 2.05) is 103 Å². The molecule has 1 aliphatic rings. The molecule has 17 nitrogen and oxygen atoms in total. The van der Waals surface area contributed by atoms with Crippen LogP contribution < -0.4 is 19.1 Å². The minimum absolute atomic E-state index is 0.0146. The molecule has 142 heavy (non-hydrogen) atoms. The molecule has 1 fully saturated rings. The smallest absolute Gasteiger partial charge is 0.349 e. The number of ether oxygens (including phenoxy) is 3. The van der Waals surface area contributed by atoms with Gasteiger partial charge in [0.25, 0.3) is 5.91 Å². The number of benzene rings is 17. The standard InChI is InChI=1S/C27H27NO5S.C22H22O6S.C22H22O4S.2C18H15S.C12H15OS/c1-4-18(2)19-11-12-21-16-22(14-13-20(21)15-19)33-17-27(29)28(3)25-9-5-8-24-23(25)7-6-10-26(24)34(30,31)32;1-3-15(2)16-4-5-18-13-20(7-6-17(18)12-16)27-14-22(23)28-19-8-10-21(11-9-19)29(24,25)26;1-3-15(2)17-13-12-16(18-8-4-5-9-19(17)18)14-21(23)20-10-6-7-11-22(20)27(24,25)26;2*1-4-10-16(11-5-1)19(17-12-6-2-7-13-17)18-14-8-3-9-15-18;13-12(10-14-8-4-5-9-14)11-6-2-1-3-7-11/h5-16,18H,4,17H2,1-3H3,(H,30,31,32);4-13,15H,3,14H2,1-2H3,(H,24,25,26);4-13,15H,3,14H2,1-2H3,(H,24,25,26);2*1-15H;1-3,6-7H,4-5,8-10H2/q;;;3*+1/p-3. The van der Waals surface area contributed by atoms with Crippen molar-refractivity contribution in [2.24, 2.45) is 0 Å². The number of fused-ring (bicyclic) bond motifs is 4. The summed E-state index contributed by atoms with van der Waals surface area (Å²) < 4.78 is 118. The van der Waals surface area contributed by atoms with Crippen LogP contribution in [0, 0.1) is 0 Å². The summed E-state index contributed by atoms with van der Waals surface area (Å²) in [4.78, 5) is 57.9. The fourth-order valence-corrected chi connectivity index (χ4v) is 24.5. The van der Waals surface area contributed by atoms with Crippen LogP contribution >= 0.6 is 0 Å². The van der Waals surface area contributed by atoms with Crippen LogP contribution in [0.15, 0.2) is 451 Å². The average Bonchev–Trinajstić information content (AvgIpc) is 1.12. The van der Waals surface area contributed by atoms with E-state index in [1.54, 1.807) is 43.4 Å². The molecular weight excluding hydrogens is 1890 g/mol. The zero-order chi connectivity index (χ0) is 101. The number of likely N-dealkylation sites (N-methyl/N-ethyl adjacent to an activating group) is 1. The van der Waals surface area contributed by atoms with Crippen molar-refractivity contribution in [2.75, 3.05) is 42.4 Å². The number of hydrogen-bond donors (Lipinski definition) is 0. The van der Waals surface area contributed by atoms with E-state index in [9.17, 15) is 58.1 Å². The van der Waals surface area contributed by atoms with E-state index in [0.29, 0.717) is 57.0 Å². The van der Waals surface area contributed by atoms with Crippen LogP contribution in [0.5, 0.6) is 17.2 Å². The summed E-state index contributed by atoms with van der Waals surface area (Å²) in [5.41, 5.74) is 5.95. The van der Waals surface area contributed by atoms with E-state index in [4.69, 9.17) is 14.2 Å². The molecule has 3 unspecified atom stereocenters. The molecule has 0 aromatic heterocycles. The molecule has 18 rings (SSSR count). The molecule has 1 aliphatic heterocycles. The molecule has 17 aromatic carbocycles. The molecule has 0 aliphatic carbocycles. The molecular formula is C119H113NO16S6. The van der Waals surface area contributed by atoms with E-state index >= 15 is 0 Å². The number of carbonyl (C=O) groups excluding carboxylic acids is 4. The Morgan fingerprint density at radius 1 is 0.359 bits per heavy atom. The van der Waals surface area contributed by atoms with Gasteiger partial charge in [0.1, 0.15) is 59.1 Å².